The molecule has 0 saturated heterocycles. The standard InChI is InChI=1S/C10H20N2O3/c1-11(2)8-6-9(13)12(3)7-4-5-10(14)15/h4-8H2,1-3H3,(H,14,15). The SMILES string of the molecule is CN(C)CCC(=O)N(C)CCCC(=O)O. The van der Waals surface area contributed by atoms with Crippen molar-refractivity contribution in [1.29, 1.82) is 0 Å². The Morgan fingerprint density at radius 3 is 2.13 bits per heavy atom. The van der Waals surface area contributed by atoms with Crippen LogP contribution in [0.15, 0.2) is 0 Å². The van der Waals surface area contributed by atoms with Crippen molar-refractivity contribution in [2.45, 2.75) is 19.3 Å². The second-order valence-electron chi connectivity index (χ2n) is 3.87. The van der Waals surface area contributed by atoms with Crippen molar-refractivity contribution in [2.75, 3.05) is 34.2 Å². The molecule has 1 N–H and O–H groups in total. The third kappa shape index (κ3) is 7.93. The molecule has 0 aliphatic rings. The number of hydrogen-bond acceptors (Lipinski definition) is 3. The molecule has 0 unspecified atom stereocenters. The third-order valence-electron chi connectivity index (χ3n) is 2.08. The van der Waals surface area contributed by atoms with Crippen molar-refractivity contribution in [3.05, 3.63) is 0 Å². The van der Waals surface area contributed by atoms with Crippen molar-refractivity contribution < 1.29 is 14.7 Å². The highest BCUT2D eigenvalue weighted by Gasteiger charge is 2.08. The minimum atomic E-state index is -0.816. The molecule has 88 valence electrons. The Bertz CT molecular complexity index is 217. The molecular weight excluding hydrogens is 196 g/mol. The fourth-order valence-electron chi connectivity index (χ4n) is 1.10. The zero-order valence-electron chi connectivity index (χ0n) is 9.69. The average molecular weight is 216 g/mol. The summed E-state index contributed by atoms with van der Waals surface area (Å²) in [6.07, 6.45) is 1.11. The van der Waals surface area contributed by atoms with E-state index in [-0.39, 0.29) is 12.3 Å². The molecule has 0 saturated carbocycles. The van der Waals surface area contributed by atoms with E-state index in [1.165, 1.54) is 0 Å². The highest BCUT2D eigenvalue weighted by Crippen LogP contribution is 1.96. The predicted molar refractivity (Wildman–Crippen MR) is 57.7 cm³/mol. The van der Waals surface area contributed by atoms with Crippen LogP contribution in [0.2, 0.25) is 0 Å². The van der Waals surface area contributed by atoms with Gasteiger partial charge >= 0.3 is 5.97 Å². The lowest BCUT2D eigenvalue weighted by Gasteiger charge is -2.17. The molecule has 0 atom stereocenters. The van der Waals surface area contributed by atoms with E-state index >= 15 is 0 Å². The number of carbonyl (C=O) groups excluding carboxylic acids is 1. The predicted octanol–water partition coefficient (Wildman–Crippen LogP) is 0.261. The van der Waals surface area contributed by atoms with Crippen molar-refractivity contribution >= 4 is 11.9 Å². The minimum absolute atomic E-state index is 0.0640. The second kappa shape index (κ2) is 7.23. The number of amides is 1. The normalized spacial score (nSPS) is 10.4. The fourth-order valence-corrected chi connectivity index (χ4v) is 1.10. The van der Waals surface area contributed by atoms with Gasteiger partial charge < -0.3 is 14.9 Å². The first-order valence-corrected chi connectivity index (χ1v) is 5.04. The molecule has 0 heterocycles. The Morgan fingerprint density at radius 2 is 1.67 bits per heavy atom. The molecule has 0 aliphatic carbocycles. The number of carboxylic acids is 1. The monoisotopic (exact) mass is 216 g/mol. The van der Waals surface area contributed by atoms with Gasteiger partial charge in [-0.25, -0.2) is 0 Å². The maximum Gasteiger partial charge on any atom is 0.303 e. The number of carboxylic acid groups (broad SMARTS) is 1. The van der Waals surface area contributed by atoms with E-state index in [1.54, 1.807) is 11.9 Å². The summed E-state index contributed by atoms with van der Waals surface area (Å²) in [6.45, 7) is 1.24. The molecule has 5 nitrogen and oxygen atoms in total. The molecule has 0 aromatic heterocycles. The molecule has 0 spiro atoms. The van der Waals surface area contributed by atoms with Gasteiger partial charge in [0, 0.05) is 33.0 Å². The molecule has 0 bridgehead atoms. The summed E-state index contributed by atoms with van der Waals surface area (Å²) in [6, 6.07) is 0. The van der Waals surface area contributed by atoms with Crippen LogP contribution in [0, 0.1) is 0 Å². The van der Waals surface area contributed by atoms with Crippen LogP contribution in [-0.4, -0.2) is 61.0 Å². The second-order valence-corrected chi connectivity index (χ2v) is 3.87. The number of nitrogens with zero attached hydrogens (tertiary/aromatic N) is 2. The van der Waals surface area contributed by atoms with Crippen LogP contribution in [0.5, 0.6) is 0 Å². The highest BCUT2D eigenvalue weighted by molar-refractivity contribution is 5.76. The summed E-state index contributed by atoms with van der Waals surface area (Å²) in [5, 5.41) is 8.43. The molecule has 0 aliphatic heterocycles. The van der Waals surface area contributed by atoms with Gasteiger partial charge in [0.05, 0.1) is 0 Å². The maximum absolute atomic E-state index is 11.5. The van der Waals surface area contributed by atoms with Crippen LogP contribution in [0.3, 0.4) is 0 Å². The van der Waals surface area contributed by atoms with E-state index in [1.807, 2.05) is 19.0 Å². The number of carbonyl (C=O) groups is 2. The van der Waals surface area contributed by atoms with Gasteiger partial charge in [-0.15, -0.1) is 0 Å². The molecule has 0 aromatic carbocycles. The summed E-state index contributed by atoms with van der Waals surface area (Å²) in [7, 11) is 5.54. The van der Waals surface area contributed by atoms with Crippen molar-refractivity contribution in [2.24, 2.45) is 0 Å². The van der Waals surface area contributed by atoms with Crippen LogP contribution in [-0.2, 0) is 9.59 Å². The Hall–Kier alpha value is -1.10. The minimum Gasteiger partial charge on any atom is -0.481 e. The Labute approximate surface area is 90.7 Å². The van der Waals surface area contributed by atoms with Crippen molar-refractivity contribution in [1.82, 2.24) is 9.80 Å². The Morgan fingerprint density at radius 1 is 1.07 bits per heavy atom. The average Bonchev–Trinajstić information content (AvgIpc) is 2.13. The zero-order chi connectivity index (χ0) is 11.8. The van der Waals surface area contributed by atoms with Gasteiger partial charge in [-0.2, -0.15) is 0 Å². The summed E-state index contributed by atoms with van der Waals surface area (Å²) >= 11 is 0. The Kier molecular flexibility index (Phi) is 6.70. The summed E-state index contributed by atoms with van der Waals surface area (Å²) < 4.78 is 0. The van der Waals surface area contributed by atoms with Gasteiger partial charge in [0.2, 0.25) is 5.91 Å². The molecular formula is C10H20N2O3. The zero-order valence-corrected chi connectivity index (χ0v) is 9.69. The largest absolute Gasteiger partial charge is 0.481 e. The number of rotatable bonds is 7. The van der Waals surface area contributed by atoms with Crippen LogP contribution in [0.1, 0.15) is 19.3 Å². The van der Waals surface area contributed by atoms with Gasteiger partial charge in [0.15, 0.2) is 0 Å². The summed E-state index contributed by atoms with van der Waals surface area (Å²) in [4.78, 5) is 25.3. The first-order chi connectivity index (χ1) is 6.93. The summed E-state index contributed by atoms with van der Waals surface area (Å²) in [5.74, 6) is -0.752. The van der Waals surface area contributed by atoms with Crippen molar-refractivity contribution in [3.8, 4) is 0 Å². The molecule has 0 aromatic rings. The molecule has 0 rings (SSSR count). The lowest BCUT2D eigenvalue weighted by Crippen LogP contribution is -2.30. The highest BCUT2D eigenvalue weighted by atomic mass is 16.4. The van der Waals surface area contributed by atoms with E-state index in [9.17, 15) is 9.59 Å². The van der Waals surface area contributed by atoms with Gasteiger partial charge in [-0.1, -0.05) is 0 Å². The molecule has 0 fully saturated rings. The smallest absolute Gasteiger partial charge is 0.303 e. The number of aliphatic carboxylic acids is 1. The topological polar surface area (TPSA) is 60.9 Å². The first-order valence-electron chi connectivity index (χ1n) is 5.04. The number of hydrogen-bond donors (Lipinski definition) is 1. The molecule has 15 heavy (non-hydrogen) atoms. The lowest BCUT2D eigenvalue weighted by atomic mass is 10.3. The van der Waals surface area contributed by atoms with E-state index < -0.39 is 5.97 Å². The molecule has 5 heteroatoms. The van der Waals surface area contributed by atoms with Crippen LogP contribution in [0.4, 0.5) is 0 Å². The first kappa shape index (κ1) is 13.9. The molecule has 0 radical (unpaired) electrons. The van der Waals surface area contributed by atoms with Gasteiger partial charge in [-0.3, -0.25) is 9.59 Å². The van der Waals surface area contributed by atoms with Gasteiger partial charge in [0.25, 0.3) is 0 Å². The van der Waals surface area contributed by atoms with E-state index in [4.69, 9.17) is 5.11 Å². The van der Waals surface area contributed by atoms with Crippen molar-refractivity contribution in [3.63, 3.8) is 0 Å². The van der Waals surface area contributed by atoms with Gasteiger partial charge in [-0.05, 0) is 20.5 Å². The molecule has 1 amide bonds. The summed E-state index contributed by atoms with van der Waals surface area (Å²) in [5.41, 5.74) is 0. The fraction of sp³-hybridized carbons (Fsp3) is 0.800. The van der Waals surface area contributed by atoms with Crippen LogP contribution < -0.4 is 0 Å². The van der Waals surface area contributed by atoms with E-state index in [0.717, 1.165) is 6.54 Å². The quantitative estimate of drug-likeness (QED) is 0.663. The maximum atomic E-state index is 11.5. The Balaban J connectivity index is 3.64. The van der Waals surface area contributed by atoms with E-state index in [2.05, 4.69) is 0 Å². The van der Waals surface area contributed by atoms with Crippen LogP contribution >= 0.6 is 0 Å². The van der Waals surface area contributed by atoms with Gasteiger partial charge in [0.1, 0.15) is 0 Å². The van der Waals surface area contributed by atoms with Crippen LogP contribution in [0.25, 0.3) is 0 Å². The third-order valence-corrected chi connectivity index (χ3v) is 2.08. The lowest BCUT2D eigenvalue weighted by molar-refractivity contribution is -0.138. The van der Waals surface area contributed by atoms with E-state index in [0.29, 0.717) is 19.4 Å².